The summed E-state index contributed by atoms with van der Waals surface area (Å²) in [6, 6.07) is 1.93. The molecule has 1 aromatic rings. The zero-order valence-electron chi connectivity index (χ0n) is 10.9. The second kappa shape index (κ2) is 7.62. The van der Waals surface area contributed by atoms with Gasteiger partial charge in [-0.3, -0.25) is 0 Å². The molecule has 0 radical (unpaired) electrons. The van der Waals surface area contributed by atoms with Gasteiger partial charge in [0.05, 0.1) is 12.4 Å². The van der Waals surface area contributed by atoms with E-state index in [1.807, 2.05) is 6.07 Å². The van der Waals surface area contributed by atoms with Crippen LogP contribution in [0.15, 0.2) is 12.4 Å². The topological polar surface area (TPSA) is 81.8 Å². The van der Waals surface area contributed by atoms with Crippen molar-refractivity contribution >= 4 is 5.82 Å². The lowest BCUT2D eigenvalue weighted by molar-refractivity contribution is 0.247. The van der Waals surface area contributed by atoms with Crippen molar-refractivity contribution in [2.45, 2.75) is 26.7 Å². The summed E-state index contributed by atoms with van der Waals surface area (Å²) in [5.41, 5.74) is 0.314. The van der Waals surface area contributed by atoms with Gasteiger partial charge in [0, 0.05) is 13.2 Å². The average molecular weight is 248 g/mol. The van der Waals surface area contributed by atoms with E-state index in [1.54, 1.807) is 6.20 Å². The quantitative estimate of drug-likeness (QED) is 0.769. The largest absolute Gasteiger partial charge is 0.396 e. The van der Waals surface area contributed by atoms with E-state index in [4.69, 9.17) is 10.4 Å². The molecule has 1 heterocycles. The van der Waals surface area contributed by atoms with Crippen molar-refractivity contribution in [2.75, 3.05) is 18.5 Å². The fourth-order valence-corrected chi connectivity index (χ4v) is 1.88. The highest BCUT2D eigenvalue weighted by Gasteiger charge is 2.10. The van der Waals surface area contributed by atoms with Crippen molar-refractivity contribution in [3.8, 4) is 6.07 Å². The molecule has 1 aromatic heterocycles. The first-order valence-corrected chi connectivity index (χ1v) is 6.22. The summed E-state index contributed by atoms with van der Waals surface area (Å²) >= 11 is 0. The lowest BCUT2D eigenvalue weighted by Crippen LogP contribution is -2.18. The van der Waals surface area contributed by atoms with Gasteiger partial charge in [-0.15, -0.1) is 0 Å². The van der Waals surface area contributed by atoms with E-state index in [0.717, 1.165) is 19.4 Å². The number of hydrogen-bond donors (Lipinski definition) is 2. The van der Waals surface area contributed by atoms with E-state index < -0.39 is 0 Å². The third-order valence-corrected chi connectivity index (χ3v) is 2.68. The van der Waals surface area contributed by atoms with E-state index in [2.05, 4.69) is 29.1 Å². The monoisotopic (exact) mass is 248 g/mol. The van der Waals surface area contributed by atoms with Gasteiger partial charge in [0.15, 0.2) is 5.69 Å². The van der Waals surface area contributed by atoms with Crippen molar-refractivity contribution in [3.63, 3.8) is 0 Å². The highest BCUT2D eigenvalue weighted by atomic mass is 16.3. The summed E-state index contributed by atoms with van der Waals surface area (Å²) in [4.78, 5) is 8.05. The molecule has 0 aliphatic rings. The van der Waals surface area contributed by atoms with E-state index in [1.165, 1.54) is 6.20 Å². The van der Waals surface area contributed by atoms with E-state index in [0.29, 0.717) is 23.3 Å². The van der Waals surface area contributed by atoms with Crippen molar-refractivity contribution in [2.24, 2.45) is 11.8 Å². The van der Waals surface area contributed by atoms with Crippen molar-refractivity contribution < 1.29 is 5.11 Å². The molecule has 0 saturated heterocycles. The summed E-state index contributed by atoms with van der Waals surface area (Å²) < 4.78 is 0. The Morgan fingerprint density at radius 2 is 2.17 bits per heavy atom. The highest BCUT2D eigenvalue weighted by molar-refractivity contribution is 5.33. The van der Waals surface area contributed by atoms with Crippen molar-refractivity contribution in [1.82, 2.24) is 9.97 Å². The summed E-state index contributed by atoms with van der Waals surface area (Å²) in [5, 5.41) is 20.8. The van der Waals surface area contributed by atoms with Crippen LogP contribution < -0.4 is 5.32 Å². The number of aromatic nitrogens is 2. The first-order valence-electron chi connectivity index (χ1n) is 6.22. The second-order valence-corrected chi connectivity index (χ2v) is 4.79. The molecular formula is C13H20N4O. The van der Waals surface area contributed by atoms with Gasteiger partial charge in [-0.05, 0) is 24.7 Å². The number of nitriles is 1. The van der Waals surface area contributed by atoms with Crippen LogP contribution in [-0.4, -0.2) is 28.2 Å². The normalized spacial score (nSPS) is 12.2. The Bertz CT molecular complexity index is 383. The first-order chi connectivity index (χ1) is 8.65. The van der Waals surface area contributed by atoms with Gasteiger partial charge >= 0.3 is 0 Å². The third-order valence-electron chi connectivity index (χ3n) is 2.68. The smallest absolute Gasteiger partial charge is 0.158 e. The van der Waals surface area contributed by atoms with Gasteiger partial charge in [-0.25, -0.2) is 9.97 Å². The Morgan fingerprint density at radius 1 is 1.39 bits per heavy atom. The van der Waals surface area contributed by atoms with Gasteiger partial charge in [0.2, 0.25) is 0 Å². The molecule has 1 unspecified atom stereocenters. The van der Waals surface area contributed by atoms with Gasteiger partial charge in [0.25, 0.3) is 0 Å². The maximum absolute atomic E-state index is 9.02. The van der Waals surface area contributed by atoms with Crippen LogP contribution >= 0.6 is 0 Å². The lowest BCUT2D eigenvalue weighted by Gasteiger charge is -2.18. The molecule has 5 nitrogen and oxygen atoms in total. The molecule has 0 aliphatic carbocycles. The van der Waals surface area contributed by atoms with Crippen LogP contribution in [0.5, 0.6) is 0 Å². The minimum atomic E-state index is 0.206. The predicted octanol–water partition coefficient (Wildman–Crippen LogP) is 1.80. The number of aliphatic hydroxyl groups excluding tert-OH is 1. The molecule has 1 atom stereocenters. The molecule has 0 aromatic carbocycles. The molecular weight excluding hydrogens is 228 g/mol. The van der Waals surface area contributed by atoms with E-state index in [9.17, 15) is 0 Å². The standard InChI is InChI=1S/C13H20N4O/c1-10(2)5-11(3-4-18)7-16-13-9-15-12(6-14)8-17-13/h8-11,18H,3-5,7H2,1-2H3,(H,16,17). The molecule has 1 rings (SSSR count). The van der Waals surface area contributed by atoms with Crippen LogP contribution in [0.1, 0.15) is 32.4 Å². The van der Waals surface area contributed by atoms with Gasteiger partial charge < -0.3 is 10.4 Å². The molecule has 0 fully saturated rings. The minimum Gasteiger partial charge on any atom is -0.396 e. The lowest BCUT2D eigenvalue weighted by atomic mass is 9.94. The summed E-state index contributed by atoms with van der Waals surface area (Å²) in [7, 11) is 0. The van der Waals surface area contributed by atoms with Gasteiger partial charge in [0.1, 0.15) is 11.9 Å². The van der Waals surface area contributed by atoms with Crippen LogP contribution in [0, 0.1) is 23.2 Å². The SMILES string of the molecule is CC(C)CC(CCO)CNc1cnc(C#N)cn1. The number of nitrogens with zero attached hydrogens (tertiary/aromatic N) is 3. The molecule has 0 spiro atoms. The summed E-state index contributed by atoms with van der Waals surface area (Å²) in [6.45, 7) is 5.31. The second-order valence-electron chi connectivity index (χ2n) is 4.79. The minimum absolute atomic E-state index is 0.206. The fraction of sp³-hybridized carbons (Fsp3) is 0.615. The van der Waals surface area contributed by atoms with Gasteiger partial charge in [-0.2, -0.15) is 5.26 Å². The maximum Gasteiger partial charge on any atom is 0.158 e. The van der Waals surface area contributed by atoms with Crippen molar-refractivity contribution in [3.05, 3.63) is 18.1 Å². The van der Waals surface area contributed by atoms with Crippen LogP contribution in [0.3, 0.4) is 0 Å². The molecule has 0 bridgehead atoms. The third kappa shape index (κ3) is 5.11. The summed E-state index contributed by atoms with van der Waals surface area (Å²) in [5.74, 6) is 1.70. The molecule has 5 heteroatoms. The van der Waals surface area contributed by atoms with Crippen LogP contribution in [-0.2, 0) is 0 Å². The number of rotatable bonds is 7. The Hall–Kier alpha value is -1.67. The van der Waals surface area contributed by atoms with Gasteiger partial charge in [-0.1, -0.05) is 13.8 Å². The Kier molecular flexibility index (Phi) is 6.09. The summed E-state index contributed by atoms with van der Waals surface area (Å²) in [6.07, 6.45) is 4.86. The molecule has 18 heavy (non-hydrogen) atoms. The van der Waals surface area contributed by atoms with Crippen molar-refractivity contribution in [1.29, 1.82) is 5.26 Å². The predicted molar refractivity (Wildman–Crippen MR) is 69.9 cm³/mol. The average Bonchev–Trinajstić information content (AvgIpc) is 2.36. The maximum atomic E-state index is 9.02. The number of anilines is 1. The zero-order valence-corrected chi connectivity index (χ0v) is 10.9. The number of hydrogen-bond acceptors (Lipinski definition) is 5. The van der Waals surface area contributed by atoms with Crippen LogP contribution in [0.4, 0.5) is 5.82 Å². The Morgan fingerprint density at radius 3 is 2.67 bits per heavy atom. The van der Waals surface area contributed by atoms with Crippen LogP contribution in [0.2, 0.25) is 0 Å². The molecule has 0 saturated carbocycles. The molecule has 2 N–H and O–H groups in total. The molecule has 0 amide bonds. The highest BCUT2D eigenvalue weighted by Crippen LogP contribution is 2.15. The Labute approximate surface area is 108 Å². The van der Waals surface area contributed by atoms with Crippen LogP contribution in [0.25, 0.3) is 0 Å². The molecule has 98 valence electrons. The Balaban J connectivity index is 2.47. The van der Waals surface area contributed by atoms with E-state index in [-0.39, 0.29) is 6.61 Å². The fourth-order valence-electron chi connectivity index (χ4n) is 1.88. The molecule has 0 aliphatic heterocycles. The number of nitrogens with one attached hydrogen (secondary N) is 1. The number of aliphatic hydroxyl groups is 1. The first kappa shape index (κ1) is 14.4. The van der Waals surface area contributed by atoms with E-state index >= 15 is 0 Å². The zero-order chi connectivity index (χ0) is 13.4.